The van der Waals surface area contributed by atoms with Crippen molar-refractivity contribution in [3.63, 3.8) is 0 Å². The molecule has 12 nitrogen and oxygen atoms in total. The molecule has 2 aromatic heterocycles. The molecule has 0 radical (unpaired) electrons. The van der Waals surface area contributed by atoms with Crippen molar-refractivity contribution in [2.45, 2.75) is 44.7 Å². The van der Waals surface area contributed by atoms with E-state index >= 15 is 0 Å². The highest BCUT2D eigenvalue weighted by Crippen LogP contribution is 2.40. The Balaban J connectivity index is 0.925. The van der Waals surface area contributed by atoms with Gasteiger partial charge in [0.2, 0.25) is 5.79 Å². The number of anilines is 2. The van der Waals surface area contributed by atoms with E-state index in [0.717, 1.165) is 55.4 Å². The molecular weight excluding hydrogens is 667 g/mol. The van der Waals surface area contributed by atoms with Gasteiger partial charge in [-0.25, -0.2) is 14.0 Å². The Morgan fingerprint density at radius 2 is 1.53 bits per heavy atom. The van der Waals surface area contributed by atoms with Crippen molar-refractivity contribution < 1.29 is 14.2 Å². The van der Waals surface area contributed by atoms with Crippen LogP contribution in [0.3, 0.4) is 0 Å². The van der Waals surface area contributed by atoms with Crippen LogP contribution in [0.5, 0.6) is 5.75 Å². The van der Waals surface area contributed by atoms with Gasteiger partial charge >= 0.3 is 5.69 Å². The average molecular weight is 706 g/mol. The third kappa shape index (κ3) is 7.04. The van der Waals surface area contributed by atoms with Crippen molar-refractivity contribution in [1.29, 1.82) is 0 Å². The van der Waals surface area contributed by atoms with Gasteiger partial charge in [-0.2, -0.15) is 5.10 Å². The van der Waals surface area contributed by atoms with Gasteiger partial charge < -0.3 is 28.6 Å². The molecule has 256 valence electrons. The van der Waals surface area contributed by atoms with Crippen molar-refractivity contribution in [3.8, 4) is 11.4 Å². The maximum Gasteiger partial charge on any atom is 0.350 e. The Morgan fingerprint density at radius 3 is 2.16 bits per heavy atom. The van der Waals surface area contributed by atoms with Crippen LogP contribution in [0.2, 0.25) is 10.0 Å². The van der Waals surface area contributed by atoms with Gasteiger partial charge in [0.05, 0.1) is 29.9 Å². The summed E-state index contributed by atoms with van der Waals surface area (Å²) in [4.78, 5) is 17.5. The standard InChI is InChI=1S/C35H38Cl2N8O4/c1-3-25(2)45-34(46)44(24-40-45)29-7-5-27(6-8-29)42-14-16-43(17-15-42)28-9-11-30(12-10-28)47-19-31-20-48-35(49-31,21-41-22-38-39-23-41)32-13-4-26(36)18-33(32)37/h4-13,18,22-25,31H,3,14-17,19-21H2,1-2H3. The number of rotatable bonds is 11. The fraction of sp³-hybridized carbons (Fsp3) is 0.371. The summed E-state index contributed by atoms with van der Waals surface area (Å²) >= 11 is 12.7. The van der Waals surface area contributed by atoms with Crippen LogP contribution in [0.1, 0.15) is 31.9 Å². The lowest BCUT2D eigenvalue weighted by atomic mass is 10.1. The highest BCUT2D eigenvalue weighted by molar-refractivity contribution is 6.35. The second-order valence-corrected chi connectivity index (χ2v) is 13.2. The predicted octanol–water partition coefficient (Wildman–Crippen LogP) is 5.58. The van der Waals surface area contributed by atoms with Crippen molar-refractivity contribution >= 4 is 34.6 Å². The minimum Gasteiger partial charge on any atom is -0.491 e. The van der Waals surface area contributed by atoms with Crippen LogP contribution in [-0.2, 0) is 21.8 Å². The third-order valence-corrected chi connectivity index (χ3v) is 9.72. The average Bonchev–Trinajstić information content (AvgIpc) is 3.88. The Hall–Kier alpha value is -4.36. The van der Waals surface area contributed by atoms with E-state index < -0.39 is 5.79 Å². The molecule has 14 heteroatoms. The second-order valence-electron chi connectivity index (χ2n) is 12.3. The SMILES string of the molecule is CCC(C)n1ncn(-c2ccc(N3CCN(c4ccc(OCC5COC(Cn6cnnc6)(c6ccc(Cl)cc6Cl)O5)cc4)CC3)cc2)c1=O. The summed E-state index contributed by atoms with van der Waals surface area (Å²) in [6, 6.07) is 21.6. The van der Waals surface area contributed by atoms with Gasteiger partial charge in [-0.1, -0.05) is 36.2 Å². The van der Waals surface area contributed by atoms with Crippen molar-refractivity contribution in [3.05, 3.63) is 112 Å². The number of hydrogen-bond acceptors (Lipinski definition) is 9. The highest BCUT2D eigenvalue weighted by Gasteiger charge is 2.45. The molecule has 0 N–H and O–H groups in total. The summed E-state index contributed by atoms with van der Waals surface area (Å²) in [5.74, 6) is -0.385. The summed E-state index contributed by atoms with van der Waals surface area (Å²) in [5, 5.41) is 13.1. The molecule has 3 aromatic carbocycles. The quantitative estimate of drug-likeness (QED) is 0.174. The fourth-order valence-electron chi connectivity index (χ4n) is 6.26. The first-order valence-electron chi connectivity index (χ1n) is 16.4. The summed E-state index contributed by atoms with van der Waals surface area (Å²) in [7, 11) is 0. The van der Waals surface area contributed by atoms with E-state index in [1.54, 1.807) is 40.2 Å². The molecule has 2 aliphatic rings. The highest BCUT2D eigenvalue weighted by atomic mass is 35.5. The van der Waals surface area contributed by atoms with Crippen molar-refractivity contribution in [1.82, 2.24) is 29.1 Å². The normalized spacial score (nSPS) is 20.1. The van der Waals surface area contributed by atoms with Crippen LogP contribution in [0.4, 0.5) is 11.4 Å². The lowest BCUT2D eigenvalue weighted by Crippen LogP contribution is -2.46. The first-order chi connectivity index (χ1) is 23.8. The number of ether oxygens (including phenoxy) is 3. The lowest BCUT2D eigenvalue weighted by molar-refractivity contribution is -0.189. The van der Waals surface area contributed by atoms with Gasteiger partial charge in [-0.15, -0.1) is 10.2 Å². The van der Waals surface area contributed by atoms with Crippen LogP contribution >= 0.6 is 23.2 Å². The molecule has 2 fully saturated rings. The maximum absolute atomic E-state index is 12.8. The smallest absolute Gasteiger partial charge is 0.350 e. The van der Waals surface area contributed by atoms with E-state index in [1.165, 1.54) is 4.68 Å². The van der Waals surface area contributed by atoms with Crippen molar-refractivity contribution in [2.75, 3.05) is 49.2 Å². The van der Waals surface area contributed by atoms with Crippen LogP contribution < -0.4 is 20.2 Å². The summed E-state index contributed by atoms with van der Waals surface area (Å²) in [6.45, 7) is 8.54. The monoisotopic (exact) mass is 704 g/mol. The Morgan fingerprint density at radius 1 is 0.898 bits per heavy atom. The number of nitrogens with zero attached hydrogens (tertiary/aromatic N) is 8. The van der Waals surface area contributed by atoms with Crippen LogP contribution in [0, 0.1) is 0 Å². The molecule has 0 spiro atoms. The Bertz CT molecular complexity index is 1910. The minimum atomic E-state index is -1.14. The molecule has 5 aromatic rings. The number of piperazine rings is 1. The van der Waals surface area contributed by atoms with E-state index in [4.69, 9.17) is 37.4 Å². The zero-order chi connectivity index (χ0) is 34.0. The summed E-state index contributed by atoms with van der Waals surface area (Å²) in [6.07, 6.45) is 5.34. The second kappa shape index (κ2) is 14.2. The lowest BCUT2D eigenvalue weighted by Gasteiger charge is -2.37. The first kappa shape index (κ1) is 33.2. The van der Waals surface area contributed by atoms with Crippen LogP contribution in [-0.4, -0.2) is 74.6 Å². The number of hydrogen-bond donors (Lipinski definition) is 0. The Kier molecular flexibility index (Phi) is 9.64. The maximum atomic E-state index is 12.8. The number of aromatic nitrogens is 6. The molecule has 0 saturated carbocycles. The molecule has 2 aliphatic heterocycles. The van der Waals surface area contributed by atoms with Gasteiger partial charge in [-0.05, 0) is 74.0 Å². The molecule has 49 heavy (non-hydrogen) atoms. The molecule has 3 atom stereocenters. The molecule has 3 unspecified atom stereocenters. The van der Waals surface area contributed by atoms with Gasteiger partial charge in [0, 0.05) is 48.1 Å². The topological polar surface area (TPSA) is 105 Å². The zero-order valence-corrected chi connectivity index (χ0v) is 28.9. The molecule has 0 bridgehead atoms. The molecule has 0 amide bonds. The largest absolute Gasteiger partial charge is 0.491 e. The summed E-state index contributed by atoms with van der Waals surface area (Å²) < 4.78 is 23.8. The zero-order valence-electron chi connectivity index (χ0n) is 27.4. The number of benzene rings is 3. The van der Waals surface area contributed by atoms with Crippen molar-refractivity contribution in [2.24, 2.45) is 0 Å². The van der Waals surface area contributed by atoms with E-state index in [1.807, 2.05) is 44.2 Å². The molecular formula is C35H38Cl2N8O4. The van der Waals surface area contributed by atoms with Gasteiger partial charge in [-0.3, -0.25) is 0 Å². The fourth-order valence-corrected chi connectivity index (χ4v) is 6.81. The van der Waals surface area contributed by atoms with Gasteiger partial charge in [0.25, 0.3) is 0 Å². The molecule has 4 heterocycles. The Labute approximate surface area is 294 Å². The van der Waals surface area contributed by atoms with Gasteiger partial charge in [0.15, 0.2) is 0 Å². The van der Waals surface area contributed by atoms with E-state index in [9.17, 15) is 4.79 Å². The first-order valence-corrected chi connectivity index (χ1v) is 17.2. The minimum absolute atomic E-state index is 0.0646. The van der Waals surface area contributed by atoms with E-state index in [0.29, 0.717) is 35.4 Å². The van der Waals surface area contributed by atoms with E-state index in [-0.39, 0.29) is 17.8 Å². The molecule has 0 aliphatic carbocycles. The van der Waals surface area contributed by atoms with Gasteiger partial charge in [0.1, 0.15) is 37.4 Å². The predicted molar refractivity (Wildman–Crippen MR) is 188 cm³/mol. The molecule has 2 saturated heterocycles. The van der Waals surface area contributed by atoms with Crippen LogP contribution in [0.15, 0.2) is 90.5 Å². The number of halogens is 2. The molecule has 7 rings (SSSR count). The summed E-state index contributed by atoms with van der Waals surface area (Å²) in [5.41, 5.74) is 3.66. The third-order valence-electron chi connectivity index (χ3n) is 9.17. The van der Waals surface area contributed by atoms with Crippen LogP contribution in [0.25, 0.3) is 5.69 Å². The van der Waals surface area contributed by atoms with E-state index in [2.05, 4.69) is 49.4 Å².